The Morgan fingerprint density at radius 1 is 1.12 bits per heavy atom. The normalized spacial score (nSPS) is 22.9. The lowest BCUT2D eigenvalue weighted by molar-refractivity contribution is 0.00152. The van der Waals surface area contributed by atoms with E-state index in [1.807, 2.05) is 17.9 Å². The van der Waals surface area contributed by atoms with E-state index in [1.165, 1.54) is 0 Å². The predicted octanol–water partition coefficient (Wildman–Crippen LogP) is 1.45. The van der Waals surface area contributed by atoms with Gasteiger partial charge >= 0.3 is 0 Å². The summed E-state index contributed by atoms with van der Waals surface area (Å²) in [7, 11) is 0. The molecule has 5 heterocycles. The number of nitrogens with one attached hydrogen (secondary N) is 3. The molecule has 40 heavy (non-hydrogen) atoms. The van der Waals surface area contributed by atoms with E-state index in [0.717, 1.165) is 44.7 Å². The van der Waals surface area contributed by atoms with Gasteiger partial charge in [-0.25, -0.2) is 4.99 Å². The molecule has 12 heteroatoms. The first-order valence-electron chi connectivity index (χ1n) is 13.9. The molecule has 0 bridgehead atoms. The molecule has 2 saturated heterocycles. The number of fused-ring (bicyclic) bond motifs is 2. The van der Waals surface area contributed by atoms with E-state index in [0.29, 0.717) is 79.0 Å². The molecule has 3 N–H and O–H groups in total. The van der Waals surface area contributed by atoms with Crippen LogP contribution >= 0.6 is 0 Å². The van der Waals surface area contributed by atoms with Crippen molar-refractivity contribution < 1.29 is 19.0 Å². The van der Waals surface area contributed by atoms with E-state index in [2.05, 4.69) is 36.9 Å². The van der Waals surface area contributed by atoms with Gasteiger partial charge in [-0.15, -0.1) is 0 Å². The molecule has 1 aromatic carbocycles. The molecule has 2 fully saturated rings. The number of likely N-dealkylation sites (tertiary alicyclic amines) is 1. The summed E-state index contributed by atoms with van der Waals surface area (Å²) in [5.41, 5.74) is 2.37. The lowest BCUT2D eigenvalue weighted by Crippen LogP contribution is -2.50. The van der Waals surface area contributed by atoms with Crippen molar-refractivity contribution in [3.8, 4) is 17.6 Å². The van der Waals surface area contributed by atoms with Crippen LogP contribution in [0.25, 0.3) is 0 Å². The van der Waals surface area contributed by atoms with Crippen LogP contribution in [0, 0.1) is 11.3 Å². The molecule has 0 aliphatic carbocycles. The molecule has 0 saturated carbocycles. The zero-order valence-electron chi connectivity index (χ0n) is 22.6. The Bertz CT molecular complexity index is 1320. The minimum absolute atomic E-state index is 0.0487. The van der Waals surface area contributed by atoms with Gasteiger partial charge in [0.25, 0.3) is 5.91 Å². The van der Waals surface area contributed by atoms with Gasteiger partial charge in [0.2, 0.25) is 5.96 Å². The minimum Gasteiger partial charge on any atom is -0.485 e. The molecule has 1 amide bonds. The molecule has 6 rings (SSSR count). The second kappa shape index (κ2) is 11.6. The average molecular weight is 547 g/mol. The van der Waals surface area contributed by atoms with Gasteiger partial charge in [0, 0.05) is 56.8 Å². The molecule has 5 aliphatic heterocycles. The van der Waals surface area contributed by atoms with Gasteiger partial charge in [-0.05, 0) is 31.9 Å². The third-order valence-corrected chi connectivity index (χ3v) is 7.77. The molecule has 0 radical (unpaired) electrons. The summed E-state index contributed by atoms with van der Waals surface area (Å²) in [6.07, 6.45) is 5.30. The number of amides is 1. The first-order valence-corrected chi connectivity index (χ1v) is 13.9. The van der Waals surface area contributed by atoms with Crippen molar-refractivity contribution in [2.75, 3.05) is 64.5 Å². The van der Waals surface area contributed by atoms with Gasteiger partial charge in [-0.3, -0.25) is 9.69 Å². The van der Waals surface area contributed by atoms with Crippen LogP contribution in [0.5, 0.6) is 11.5 Å². The van der Waals surface area contributed by atoms with E-state index in [1.54, 1.807) is 18.5 Å². The van der Waals surface area contributed by atoms with Crippen LogP contribution in [0.4, 0.5) is 5.69 Å². The third kappa shape index (κ3) is 5.10. The maximum absolute atomic E-state index is 13.6. The van der Waals surface area contributed by atoms with Crippen molar-refractivity contribution >= 4 is 23.8 Å². The first kappa shape index (κ1) is 26.2. The molecular formula is C28H34N8O4. The van der Waals surface area contributed by atoms with Crippen LogP contribution in [0.3, 0.4) is 0 Å². The number of piperidine rings is 1. The number of aliphatic imine (C=N–C) groups is 2. The maximum atomic E-state index is 13.6. The summed E-state index contributed by atoms with van der Waals surface area (Å²) < 4.78 is 17.5. The van der Waals surface area contributed by atoms with E-state index in [9.17, 15) is 10.1 Å². The third-order valence-electron chi connectivity index (χ3n) is 7.77. The van der Waals surface area contributed by atoms with Gasteiger partial charge < -0.3 is 35.1 Å². The van der Waals surface area contributed by atoms with E-state index < -0.39 is 0 Å². The number of nitrogens with zero attached hydrogens (tertiary/aromatic N) is 5. The van der Waals surface area contributed by atoms with Gasteiger partial charge in [-0.2, -0.15) is 10.3 Å². The van der Waals surface area contributed by atoms with Crippen LogP contribution < -0.4 is 25.4 Å². The molecule has 0 aromatic heterocycles. The Labute approximate surface area is 233 Å². The second-order valence-electron chi connectivity index (χ2n) is 10.1. The van der Waals surface area contributed by atoms with Crippen molar-refractivity contribution in [2.24, 2.45) is 9.98 Å². The average Bonchev–Trinajstić information content (AvgIpc) is 3.35. The molecule has 0 spiro atoms. The summed E-state index contributed by atoms with van der Waals surface area (Å²) >= 11 is 0. The van der Waals surface area contributed by atoms with Crippen LogP contribution in [-0.4, -0.2) is 99.1 Å². The van der Waals surface area contributed by atoms with Crippen molar-refractivity contribution in [3.05, 3.63) is 40.9 Å². The summed E-state index contributed by atoms with van der Waals surface area (Å²) in [5, 5.41) is 19.2. The molecule has 1 aromatic rings. The first-order chi connectivity index (χ1) is 19.7. The monoisotopic (exact) mass is 546 g/mol. The molecule has 1 atom stereocenters. The standard InChI is InChI=1S/C28H34N8O4/c1-2-30-26-23-18(15-29)16-31-22(23)17-32-28(34-26)33-21-4-3-20(24-25(21)40-14-13-39-24)27(37)36-7-5-19(6-8-36)35-9-11-38-12-10-35/h3-4,16-17,19,22,30-31H,2,5-14H2,1H3,(H,33,34). The zero-order chi connectivity index (χ0) is 27.5. The lowest BCUT2D eigenvalue weighted by Gasteiger charge is -2.40. The van der Waals surface area contributed by atoms with Gasteiger partial charge in [0.15, 0.2) is 11.5 Å². The number of rotatable bonds is 5. The number of nitriles is 1. The highest BCUT2D eigenvalue weighted by molar-refractivity contribution is 6.04. The Balaban J connectivity index is 1.22. The van der Waals surface area contributed by atoms with Crippen LogP contribution in [0.2, 0.25) is 0 Å². The quantitative estimate of drug-likeness (QED) is 0.501. The second-order valence-corrected chi connectivity index (χ2v) is 10.1. The Morgan fingerprint density at radius 3 is 2.65 bits per heavy atom. The van der Waals surface area contributed by atoms with Crippen molar-refractivity contribution in [1.29, 1.82) is 5.26 Å². The number of carbonyl (C=O) groups is 1. The number of carbonyl (C=O) groups excluding carboxylic acids is 1. The molecule has 12 nitrogen and oxygen atoms in total. The fourth-order valence-electron chi connectivity index (χ4n) is 5.76. The Hall–Kier alpha value is -4.08. The summed E-state index contributed by atoms with van der Waals surface area (Å²) in [5.74, 6) is 1.76. The van der Waals surface area contributed by atoms with Crippen molar-refractivity contribution in [3.63, 3.8) is 0 Å². The number of hydrogen-bond acceptors (Lipinski definition) is 11. The Kier molecular flexibility index (Phi) is 7.57. The van der Waals surface area contributed by atoms with Crippen LogP contribution in [0.15, 0.2) is 45.3 Å². The van der Waals surface area contributed by atoms with E-state index in [-0.39, 0.29) is 11.9 Å². The van der Waals surface area contributed by atoms with Crippen molar-refractivity contribution in [1.82, 2.24) is 20.4 Å². The predicted molar refractivity (Wildman–Crippen MR) is 150 cm³/mol. The molecular weight excluding hydrogens is 512 g/mol. The lowest BCUT2D eigenvalue weighted by atomic mass is 10.0. The molecule has 210 valence electrons. The number of ether oxygens (including phenoxy) is 3. The highest BCUT2D eigenvalue weighted by Crippen LogP contribution is 2.41. The fourth-order valence-corrected chi connectivity index (χ4v) is 5.76. The minimum atomic E-state index is -0.257. The number of benzene rings is 1. The smallest absolute Gasteiger partial charge is 0.257 e. The molecule has 5 aliphatic rings. The van der Waals surface area contributed by atoms with Crippen molar-refractivity contribution in [2.45, 2.75) is 31.8 Å². The molecule has 1 unspecified atom stereocenters. The number of anilines is 1. The van der Waals surface area contributed by atoms with Crippen LogP contribution in [0.1, 0.15) is 30.1 Å². The van der Waals surface area contributed by atoms with Gasteiger partial charge in [0.1, 0.15) is 25.1 Å². The largest absolute Gasteiger partial charge is 0.485 e. The fraction of sp³-hybridized carbons (Fsp3) is 0.500. The number of guanidine groups is 1. The SMILES string of the molecule is CCNC1=C2C(C#N)=CNC2C=NC(Nc2ccc(C(=O)N3CCC(N4CCOCC4)CC3)c3c2OCCO3)=N1. The topological polar surface area (TPSA) is 136 Å². The summed E-state index contributed by atoms with van der Waals surface area (Å²) in [4.78, 5) is 27.2. The number of hydrogen-bond donors (Lipinski definition) is 3. The number of morpholine rings is 1. The van der Waals surface area contributed by atoms with Gasteiger partial charge in [0.05, 0.1) is 36.1 Å². The highest BCUT2D eigenvalue weighted by atomic mass is 16.6. The Morgan fingerprint density at radius 2 is 1.90 bits per heavy atom. The van der Waals surface area contributed by atoms with Crippen LogP contribution in [-0.2, 0) is 4.74 Å². The van der Waals surface area contributed by atoms with Gasteiger partial charge in [-0.1, -0.05) is 0 Å². The summed E-state index contributed by atoms with van der Waals surface area (Å²) in [6.45, 7) is 8.23. The van der Waals surface area contributed by atoms with E-state index in [4.69, 9.17) is 14.2 Å². The highest BCUT2D eigenvalue weighted by Gasteiger charge is 2.32. The summed E-state index contributed by atoms with van der Waals surface area (Å²) in [6, 6.07) is 6.04. The zero-order valence-corrected chi connectivity index (χ0v) is 22.6. The van der Waals surface area contributed by atoms with E-state index >= 15 is 0 Å². The maximum Gasteiger partial charge on any atom is 0.257 e.